The van der Waals surface area contributed by atoms with E-state index in [1.807, 2.05) is 12.1 Å². The molecule has 1 aromatic carbocycles. The number of aromatic hydroxyl groups is 1. The summed E-state index contributed by atoms with van der Waals surface area (Å²) in [5.74, 6) is 2.39. The standard InChI is InChI=1S/C25H36O3/c1-3-4-5-6-7-24(27)28-23-13-12-22-21-10-8-17-16-18(26)9-11-19(17)20(21)14-15-25(22,23)2/h9,11,16,20-23,26H,3-8,10,12-15H2,1-2H3/t20?,21?,22?,23-,25-/m0/s1. The van der Waals surface area contributed by atoms with Crippen LogP contribution in [-0.4, -0.2) is 17.2 Å². The first-order chi connectivity index (χ1) is 13.5. The maximum atomic E-state index is 12.4. The van der Waals surface area contributed by atoms with E-state index in [4.69, 9.17) is 4.74 Å². The lowest BCUT2D eigenvalue weighted by molar-refractivity contribution is -0.157. The molecule has 1 aromatic rings. The van der Waals surface area contributed by atoms with Crippen LogP contribution >= 0.6 is 0 Å². The van der Waals surface area contributed by atoms with Crippen molar-refractivity contribution in [3.63, 3.8) is 0 Å². The number of rotatable bonds is 6. The van der Waals surface area contributed by atoms with Gasteiger partial charge in [0.05, 0.1) is 0 Å². The SMILES string of the molecule is CCCCCCC(=O)O[C@H]1CCC2C3CCc4cc(O)ccc4C3CC[C@@]21C. The molecule has 4 rings (SSSR count). The summed E-state index contributed by atoms with van der Waals surface area (Å²) in [6.45, 7) is 4.59. The Morgan fingerprint density at radius 2 is 2.04 bits per heavy atom. The smallest absolute Gasteiger partial charge is 0.306 e. The number of phenolic OH excluding ortho intramolecular Hbond substituents is 1. The first-order valence-electron chi connectivity index (χ1n) is 11.5. The zero-order valence-electron chi connectivity index (χ0n) is 17.6. The second-order valence-electron chi connectivity index (χ2n) is 9.71. The summed E-state index contributed by atoms with van der Waals surface area (Å²) in [5, 5.41) is 9.84. The fourth-order valence-electron chi connectivity index (χ4n) is 6.63. The van der Waals surface area contributed by atoms with Gasteiger partial charge in [-0.1, -0.05) is 39.2 Å². The quantitative estimate of drug-likeness (QED) is 0.474. The van der Waals surface area contributed by atoms with Crippen molar-refractivity contribution in [2.24, 2.45) is 17.3 Å². The highest BCUT2D eigenvalue weighted by Gasteiger charge is 2.56. The van der Waals surface area contributed by atoms with Gasteiger partial charge in [0.2, 0.25) is 0 Å². The number of phenols is 1. The molecular weight excluding hydrogens is 348 g/mol. The Kier molecular flexibility index (Phi) is 5.71. The Labute approximate surface area is 169 Å². The summed E-state index contributed by atoms with van der Waals surface area (Å²) in [5.41, 5.74) is 2.96. The van der Waals surface area contributed by atoms with Crippen molar-refractivity contribution in [3.8, 4) is 5.75 Å². The topological polar surface area (TPSA) is 46.5 Å². The fourth-order valence-corrected chi connectivity index (χ4v) is 6.63. The van der Waals surface area contributed by atoms with Crippen molar-refractivity contribution in [2.45, 2.75) is 96.5 Å². The summed E-state index contributed by atoms with van der Waals surface area (Å²) >= 11 is 0. The van der Waals surface area contributed by atoms with Crippen LogP contribution in [0.1, 0.15) is 95.1 Å². The number of carbonyl (C=O) groups is 1. The van der Waals surface area contributed by atoms with Crippen molar-refractivity contribution >= 4 is 5.97 Å². The van der Waals surface area contributed by atoms with Crippen LogP contribution < -0.4 is 0 Å². The Morgan fingerprint density at radius 1 is 1.18 bits per heavy atom. The van der Waals surface area contributed by atoms with Crippen LogP contribution in [0.2, 0.25) is 0 Å². The summed E-state index contributed by atoms with van der Waals surface area (Å²) < 4.78 is 6.06. The van der Waals surface area contributed by atoms with Crippen molar-refractivity contribution in [1.29, 1.82) is 0 Å². The van der Waals surface area contributed by atoms with Gasteiger partial charge in [-0.3, -0.25) is 4.79 Å². The predicted molar refractivity (Wildman–Crippen MR) is 111 cm³/mol. The molecule has 3 aliphatic carbocycles. The highest BCUT2D eigenvalue weighted by atomic mass is 16.5. The molecule has 1 N–H and O–H groups in total. The molecule has 154 valence electrons. The third kappa shape index (κ3) is 3.57. The number of hydrogen-bond acceptors (Lipinski definition) is 3. The van der Waals surface area contributed by atoms with Crippen LogP contribution in [0, 0.1) is 17.3 Å². The molecule has 0 heterocycles. The molecule has 3 aliphatic rings. The second kappa shape index (κ2) is 8.08. The molecular formula is C25H36O3. The molecule has 3 heteroatoms. The van der Waals surface area contributed by atoms with Crippen LogP contribution in [0.3, 0.4) is 0 Å². The summed E-state index contributed by atoms with van der Waals surface area (Å²) in [7, 11) is 0. The lowest BCUT2D eigenvalue weighted by Gasteiger charge is -2.50. The molecule has 5 atom stereocenters. The highest BCUT2D eigenvalue weighted by molar-refractivity contribution is 5.69. The van der Waals surface area contributed by atoms with Gasteiger partial charge >= 0.3 is 5.97 Å². The van der Waals surface area contributed by atoms with Gasteiger partial charge in [-0.15, -0.1) is 0 Å². The van der Waals surface area contributed by atoms with E-state index in [0.29, 0.717) is 29.9 Å². The van der Waals surface area contributed by atoms with Crippen LogP contribution in [0.25, 0.3) is 0 Å². The van der Waals surface area contributed by atoms with E-state index in [1.54, 1.807) is 0 Å². The molecule has 28 heavy (non-hydrogen) atoms. The zero-order valence-corrected chi connectivity index (χ0v) is 17.6. The summed E-state index contributed by atoms with van der Waals surface area (Å²) in [4.78, 5) is 12.4. The Hall–Kier alpha value is -1.51. The highest BCUT2D eigenvalue weighted by Crippen LogP contribution is 2.61. The molecule has 0 bridgehead atoms. The van der Waals surface area contributed by atoms with E-state index < -0.39 is 0 Å². The number of benzene rings is 1. The maximum Gasteiger partial charge on any atom is 0.306 e. The number of ether oxygens (including phenoxy) is 1. The number of unbranched alkanes of at least 4 members (excludes halogenated alkanes) is 3. The molecule has 3 unspecified atom stereocenters. The van der Waals surface area contributed by atoms with Gasteiger partial charge in [-0.25, -0.2) is 0 Å². The average molecular weight is 385 g/mol. The van der Waals surface area contributed by atoms with Gasteiger partial charge in [-0.2, -0.15) is 0 Å². The number of esters is 1. The Morgan fingerprint density at radius 3 is 2.86 bits per heavy atom. The number of aryl methyl sites for hydroxylation is 1. The van der Waals surface area contributed by atoms with Crippen molar-refractivity contribution in [2.75, 3.05) is 0 Å². The molecule has 0 aliphatic heterocycles. The van der Waals surface area contributed by atoms with Crippen LogP contribution in [-0.2, 0) is 16.0 Å². The fraction of sp³-hybridized carbons (Fsp3) is 0.720. The minimum atomic E-state index is 0.0227. The summed E-state index contributed by atoms with van der Waals surface area (Å²) in [6.07, 6.45) is 12.0. The summed E-state index contributed by atoms with van der Waals surface area (Å²) in [6, 6.07) is 5.98. The third-order valence-electron chi connectivity index (χ3n) is 8.13. The monoisotopic (exact) mass is 384 g/mol. The first kappa shape index (κ1) is 19.8. The lowest BCUT2D eigenvalue weighted by atomic mass is 9.55. The molecule has 2 saturated carbocycles. The number of hydrogen-bond donors (Lipinski definition) is 1. The molecule has 0 amide bonds. The molecule has 0 saturated heterocycles. The average Bonchev–Trinajstić information content (AvgIpc) is 3.01. The Bertz CT molecular complexity index is 712. The second-order valence-corrected chi connectivity index (χ2v) is 9.71. The van der Waals surface area contributed by atoms with Gasteiger partial charge in [0.25, 0.3) is 0 Å². The molecule has 0 spiro atoms. The molecule has 3 nitrogen and oxygen atoms in total. The minimum absolute atomic E-state index is 0.0227. The number of carbonyl (C=O) groups excluding carboxylic acids is 1. The third-order valence-corrected chi connectivity index (χ3v) is 8.13. The van der Waals surface area contributed by atoms with E-state index in [0.717, 1.165) is 32.1 Å². The first-order valence-corrected chi connectivity index (χ1v) is 11.5. The van der Waals surface area contributed by atoms with Crippen LogP contribution in [0.15, 0.2) is 18.2 Å². The zero-order chi connectivity index (χ0) is 19.7. The number of fused-ring (bicyclic) bond motifs is 5. The van der Waals surface area contributed by atoms with Crippen LogP contribution in [0.4, 0.5) is 0 Å². The van der Waals surface area contributed by atoms with Gasteiger partial charge in [0.15, 0.2) is 0 Å². The van der Waals surface area contributed by atoms with Crippen molar-refractivity contribution in [3.05, 3.63) is 29.3 Å². The normalized spacial score (nSPS) is 33.6. The van der Waals surface area contributed by atoms with E-state index in [2.05, 4.69) is 19.9 Å². The lowest BCUT2D eigenvalue weighted by Crippen LogP contribution is -2.45. The van der Waals surface area contributed by atoms with Gasteiger partial charge in [0.1, 0.15) is 11.9 Å². The molecule has 0 aromatic heterocycles. The van der Waals surface area contributed by atoms with E-state index in [-0.39, 0.29) is 17.5 Å². The van der Waals surface area contributed by atoms with Gasteiger partial charge in [0, 0.05) is 11.8 Å². The van der Waals surface area contributed by atoms with E-state index in [1.165, 1.54) is 43.2 Å². The van der Waals surface area contributed by atoms with E-state index >= 15 is 0 Å². The maximum absolute atomic E-state index is 12.4. The van der Waals surface area contributed by atoms with Crippen LogP contribution in [0.5, 0.6) is 5.75 Å². The predicted octanol–water partition coefficient (Wildman–Crippen LogP) is 6.13. The minimum Gasteiger partial charge on any atom is -0.508 e. The van der Waals surface area contributed by atoms with Crippen molar-refractivity contribution in [1.82, 2.24) is 0 Å². The van der Waals surface area contributed by atoms with Gasteiger partial charge < -0.3 is 9.84 Å². The largest absolute Gasteiger partial charge is 0.508 e. The van der Waals surface area contributed by atoms with Gasteiger partial charge in [-0.05, 0) is 86.0 Å². The van der Waals surface area contributed by atoms with Crippen molar-refractivity contribution < 1.29 is 14.6 Å². The molecule has 0 radical (unpaired) electrons. The van der Waals surface area contributed by atoms with E-state index in [9.17, 15) is 9.90 Å². The molecule has 2 fully saturated rings. The Balaban J connectivity index is 1.42.